The number of oxime groups is 1. The van der Waals surface area contributed by atoms with Crippen LogP contribution >= 0.6 is 11.5 Å². The van der Waals surface area contributed by atoms with Gasteiger partial charge in [-0.25, -0.2) is 0 Å². The van der Waals surface area contributed by atoms with E-state index in [-0.39, 0.29) is 24.8 Å². The molecule has 2 amide bonds. The highest BCUT2D eigenvalue weighted by Crippen LogP contribution is 2.31. The molecule has 0 aliphatic carbocycles. The smallest absolute Gasteiger partial charge is 0.247 e. The van der Waals surface area contributed by atoms with Crippen LogP contribution < -0.4 is 5.32 Å². The average molecular weight is 486 g/mol. The quantitative estimate of drug-likeness (QED) is 0.416. The van der Waals surface area contributed by atoms with Gasteiger partial charge in [-0.3, -0.25) is 9.59 Å². The van der Waals surface area contributed by atoms with E-state index >= 15 is 0 Å². The normalized spacial score (nSPS) is 16.7. The third-order valence-electron chi connectivity index (χ3n) is 6.01. The zero-order chi connectivity index (χ0) is 24.2. The van der Waals surface area contributed by atoms with E-state index in [9.17, 15) is 9.59 Å². The van der Waals surface area contributed by atoms with E-state index in [0.29, 0.717) is 16.9 Å². The Morgan fingerprint density at radius 1 is 1.03 bits per heavy atom. The molecule has 3 aromatic carbocycles. The van der Waals surface area contributed by atoms with Crippen LogP contribution in [0.2, 0.25) is 0 Å². The lowest BCUT2D eigenvalue weighted by Gasteiger charge is -2.28. The molecule has 1 aliphatic rings. The minimum atomic E-state index is -0.742. The summed E-state index contributed by atoms with van der Waals surface area (Å²) in [5.74, 6) is -1.03. The van der Waals surface area contributed by atoms with Crippen molar-refractivity contribution in [3.63, 3.8) is 0 Å². The van der Waals surface area contributed by atoms with E-state index in [0.717, 1.165) is 15.8 Å². The Bertz CT molecular complexity index is 1330. The second-order valence-electron chi connectivity index (χ2n) is 8.20. The molecule has 1 aliphatic heterocycles. The van der Waals surface area contributed by atoms with Crippen molar-refractivity contribution in [1.29, 1.82) is 0 Å². The molecule has 1 N–H and O–H groups in total. The van der Waals surface area contributed by atoms with Gasteiger partial charge in [0.2, 0.25) is 11.8 Å². The molecule has 5 rings (SSSR count). The molecule has 35 heavy (non-hydrogen) atoms. The first-order valence-corrected chi connectivity index (χ1v) is 11.9. The van der Waals surface area contributed by atoms with Gasteiger partial charge in [0, 0.05) is 6.42 Å². The van der Waals surface area contributed by atoms with E-state index in [2.05, 4.69) is 20.1 Å². The van der Waals surface area contributed by atoms with E-state index in [4.69, 9.17) is 4.84 Å². The molecule has 0 spiro atoms. The van der Waals surface area contributed by atoms with Gasteiger partial charge in [0.05, 0.1) is 28.6 Å². The maximum absolute atomic E-state index is 14.1. The van der Waals surface area contributed by atoms with Crippen LogP contribution in [-0.4, -0.2) is 51.7 Å². The van der Waals surface area contributed by atoms with E-state index in [1.54, 1.807) is 11.0 Å². The lowest BCUT2D eigenvalue weighted by Crippen LogP contribution is -2.45. The van der Waals surface area contributed by atoms with Crippen LogP contribution in [0.5, 0.6) is 0 Å². The van der Waals surface area contributed by atoms with E-state index < -0.39 is 12.0 Å². The van der Waals surface area contributed by atoms with Crippen molar-refractivity contribution < 1.29 is 14.4 Å². The molecule has 0 bridgehead atoms. The summed E-state index contributed by atoms with van der Waals surface area (Å²) in [6.07, 6.45) is 0.285. The van der Waals surface area contributed by atoms with Crippen LogP contribution in [0.1, 0.15) is 23.5 Å². The Labute approximate surface area is 206 Å². The molecule has 2 heterocycles. The Morgan fingerprint density at radius 3 is 2.37 bits per heavy atom. The van der Waals surface area contributed by atoms with Crippen molar-refractivity contribution in [3.8, 4) is 0 Å². The van der Waals surface area contributed by atoms with Gasteiger partial charge in [-0.15, -0.1) is 5.10 Å². The van der Waals surface area contributed by atoms with Gasteiger partial charge in [-0.2, -0.15) is 0 Å². The number of hydrogen-bond donors (Lipinski definition) is 1. The van der Waals surface area contributed by atoms with Crippen LogP contribution in [0.4, 0.5) is 5.69 Å². The standard InChI is InChI=1S/C26H23N5O3S/c1-34-29-19-15-21(25(32)27-20-13-8-14-22-24(20)28-30-35-22)31(16-19)26(33)23(17-9-4-2-5-10-17)18-11-6-3-7-12-18/h2-14,21,23H,15-16H2,1H3,(H,27,32)/b29-19+/t21-/m0/s1. The van der Waals surface area contributed by atoms with Gasteiger partial charge in [0.1, 0.15) is 18.7 Å². The molecule has 4 aromatic rings. The van der Waals surface area contributed by atoms with Crippen LogP contribution in [0.25, 0.3) is 10.2 Å². The van der Waals surface area contributed by atoms with E-state index in [1.807, 2.05) is 72.8 Å². The minimum Gasteiger partial charge on any atom is -0.399 e. The first-order chi connectivity index (χ1) is 17.2. The molecule has 1 fully saturated rings. The summed E-state index contributed by atoms with van der Waals surface area (Å²) in [7, 11) is 1.46. The molecular formula is C26H23N5O3S. The second-order valence-corrected chi connectivity index (χ2v) is 8.98. The number of carbonyl (C=O) groups excluding carboxylic acids is 2. The Hall–Kier alpha value is -4.11. The topological polar surface area (TPSA) is 96.8 Å². The SMILES string of the molecule is CO/N=C1\C[C@@H](C(=O)Nc2cccc3snnc23)N(C(=O)C(c2ccccc2)c2ccccc2)C1. The number of nitrogens with one attached hydrogen (secondary N) is 1. The highest BCUT2D eigenvalue weighted by Gasteiger charge is 2.41. The molecule has 1 aromatic heterocycles. The number of nitrogens with zero attached hydrogens (tertiary/aromatic N) is 4. The van der Waals surface area contributed by atoms with Crippen molar-refractivity contribution >= 4 is 45.0 Å². The fourth-order valence-corrected chi connectivity index (χ4v) is 5.01. The summed E-state index contributed by atoms with van der Waals surface area (Å²) < 4.78 is 4.85. The van der Waals surface area contributed by atoms with Gasteiger partial charge in [0.15, 0.2) is 0 Å². The molecular weight excluding hydrogens is 462 g/mol. The number of fused-ring (bicyclic) bond motifs is 1. The summed E-state index contributed by atoms with van der Waals surface area (Å²) >= 11 is 1.26. The third-order valence-corrected chi connectivity index (χ3v) is 6.70. The van der Waals surface area contributed by atoms with Crippen LogP contribution in [0, 0.1) is 0 Å². The van der Waals surface area contributed by atoms with Crippen molar-refractivity contribution in [2.45, 2.75) is 18.4 Å². The number of hydrogen-bond acceptors (Lipinski definition) is 7. The third kappa shape index (κ3) is 4.63. The lowest BCUT2D eigenvalue weighted by molar-refractivity contribution is -0.137. The zero-order valence-corrected chi connectivity index (χ0v) is 19.8. The first-order valence-electron chi connectivity index (χ1n) is 11.2. The number of rotatable bonds is 6. The monoisotopic (exact) mass is 485 g/mol. The molecule has 8 nitrogen and oxygen atoms in total. The van der Waals surface area contributed by atoms with Gasteiger partial charge < -0.3 is 15.1 Å². The van der Waals surface area contributed by atoms with E-state index in [1.165, 1.54) is 18.6 Å². The Kier molecular flexibility index (Phi) is 6.49. The molecule has 9 heteroatoms. The highest BCUT2D eigenvalue weighted by atomic mass is 32.1. The van der Waals surface area contributed by atoms with Crippen molar-refractivity contribution in [2.24, 2.45) is 5.16 Å². The van der Waals surface area contributed by atoms with Crippen molar-refractivity contribution in [3.05, 3.63) is 90.0 Å². The summed E-state index contributed by atoms with van der Waals surface area (Å²) in [4.78, 5) is 34.1. The van der Waals surface area contributed by atoms with Crippen molar-refractivity contribution in [2.75, 3.05) is 19.0 Å². The fourth-order valence-electron chi connectivity index (χ4n) is 4.42. The zero-order valence-electron chi connectivity index (χ0n) is 19.0. The number of likely N-dealkylation sites (tertiary alicyclic amines) is 1. The predicted molar refractivity (Wildman–Crippen MR) is 135 cm³/mol. The summed E-state index contributed by atoms with van der Waals surface area (Å²) in [5.41, 5.74) is 3.54. The molecule has 0 radical (unpaired) electrons. The largest absolute Gasteiger partial charge is 0.399 e. The second kappa shape index (κ2) is 10.0. The Morgan fingerprint density at radius 2 is 1.71 bits per heavy atom. The van der Waals surface area contributed by atoms with Crippen LogP contribution in [0.15, 0.2) is 84.0 Å². The number of carbonyl (C=O) groups is 2. The van der Waals surface area contributed by atoms with Gasteiger partial charge in [-0.1, -0.05) is 76.4 Å². The number of anilines is 1. The molecule has 0 saturated carbocycles. The van der Waals surface area contributed by atoms with Gasteiger partial charge in [0.25, 0.3) is 0 Å². The summed E-state index contributed by atoms with van der Waals surface area (Å²) in [5, 5.41) is 11.2. The fraction of sp³-hybridized carbons (Fsp3) is 0.192. The maximum Gasteiger partial charge on any atom is 0.247 e. The predicted octanol–water partition coefficient (Wildman–Crippen LogP) is 4.07. The number of amides is 2. The minimum absolute atomic E-state index is 0.169. The number of aromatic nitrogens is 2. The van der Waals surface area contributed by atoms with Gasteiger partial charge in [-0.05, 0) is 34.8 Å². The molecule has 1 atom stereocenters. The summed E-state index contributed by atoms with van der Waals surface area (Å²) in [6, 6.07) is 24.0. The average Bonchev–Trinajstić information content (AvgIpc) is 3.54. The van der Waals surface area contributed by atoms with Gasteiger partial charge >= 0.3 is 0 Å². The lowest BCUT2D eigenvalue weighted by atomic mass is 9.90. The van der Waals surface area contributed by atoms with Crippen LogP contribution in [-0.2, 0) is 14.4 Å². The highest BCUT2D eigenvalue weighted by molar-refractivity contribution is 7.13. The Balaban J connectivity index is 1.49. The summed E-state index contributed by atoms with van der Waals surface area (Å²) in [6.45, 7) is 0.212. The maximum atomic E-state index is 14.1. The molecule has 1 saturated heterocycles. The molecule has 0 unspecified atom stereocenters. The van der Waals surface area contributed by atoms with Crippen molar-refractivity contribution in [1.82, 2.24) is 14.5 Å². The first kappa shape index (κ1) is 22.7. The number of benzene rings is 3. The van der Waals surface area contributed by atoms with Crippen LogP contribution in [0.3, 0.4) is 0 Å². The molecule has 176 valence electrons.